The number of halogens is 3. The lowest BCUT2D eigenvalue weighted by Crippen LogP contribution is -2.47. The molecule has 0 unspecified atom stereocenters. The van der Waals surface area contributed by atoms with Gasteiger partial charge in [-0.15, -0.1) is 0 Å². The van der Waals surface area contributed by atoms with Crippen LogP contribution in [0.2, 0.25) is 0 Å². The number of nitriles is 1. The van der Waals surface area contributed by atoms with Gasteiger partial charge in [0.2, 0.25) is 0 Å². The second-order valence-electron chi connectivity index (χ2n) is 8.35. The monoisotopic (exact) mass is 488 g/mol. The van der Waals surface area contributed by atoms with Crippen LogP contribution in [0.3, 0.4) is 0 Å². The second kappa shape index (κ2) is 11.0. The molecule has 35 heavy (non-hydrogen) atoms. The Bertz CT molecular complexity index is 1180. The molecule has 1 N–H and O–H groups in total. The molecule has 1 aromatic carbocycles. The zero-order chi connectivity index (χ0) is 24.8. The van der Waals surface area contributed by atoms with Crippen molar-refractivity contribution in [3.63, 3.8) is 0 Å². The third-order valence-electron chi connectivity index (χ3n) is 6.05. The Kier molecular flexibility index (Phi) is 7.85. The standard InChI is InChI=1S/C24H27F3N6O2/c1-34-12-10-33-8-6-32(7-9-33)5-2-11-35-22-4-3-17(13-18(22)24(25,26)27)19-14-20-23(30-16-29-20)21(15-28)31-19/h3-4,13-14,16H,2,5-12H2,1H3,(H,29,30). The minimum absolute atomic E-state index is 0.0483. The van der Waals surface area contributed by atoms with Crippen LogP contribution in [0.25, 0.3) is 22.3 Å². The fourth-order valence-electron chi connectivity index (χ4n) is 4.14. The predicted molar refractivity (Wildman–Crippen MR) is 124 cm³/mol. The lowest BCUT2D eigenvalue weighted by molar-refractivity contribution is -0.138. The molecular weight excluding hydrogens is 461 g/mol. The van der Waals surface area contributed by atoms with E-state index in [-0.39, 0.29) is 29.3 Å². The molecule has 11 heteroatoms. The number of hydrogen-bond donors (Lipinski definition) is 1. The molecule has 1 saturated heterocycles. The lowest BCUT2D eigenvalue weighted by atomic mass is 10.1. The van der Waals surface area contributed by atoms with Crippen LogP contribution in [0.5, 0.6) is 5.75 Å². The minimum Gasteiger partial charge on any atom is -0.493 e. The number of imidazole rings is 1. The Morgan fingerprint density at radius 1 is 1.09 bits per heavy atom. The van der Waals surface area contributed by atoms with Gasteiger partial charge in [0.15, 0.2) is 5.69 Å². The van der Waals surface area contributed by atoms with Crippen LogP contribution in [-0.2, 0) is 10.9 Å². The summed E-state index contributed by atoms with van der Waals surface area (Å²) >= 11 is 0. The minimum atomic E-state index is -4.60. The van der Waals surface area contributed by atoms with Gasteiger partial charge in [0.1, 0.15) is 17.3 Å². The highest BCUT2D eigenvalue weighted by Gasteiger charge is 2.35. The van der Waals surface area contributed by atoms with Gasteiger partial charge in [-0.1, -0.05) is 0 Å². The molecular formula is C24H27F3N6O2. The number of hydrogen-bond acceptors (Lipinski definition) is 7. The summed E-state index contributed by atoms with van der Waals surface area (Å²) < 4.78 is 52.2. The van der Waals surface area contributed by atoms with Gasteiger partial charge < -0.3 is 19.4 Å². The van der Waals surface area contributed by atoms with E-state index in [1.54, 1.807) is 13.2 Å². The van der Waals surface area contributed by atoms with Crippen LogP contribution in [0.15, 0.2) is 30.6 Å². The Balaban J connectivity index is 1.40. The molecule has 1 fully saturated rings. The number of benzene rings is 1. The number of nitrogens with zero attached hydrogens (tertiary/aromatic N) is 5. The van der Waals surface area contributed by atoms with E-state index in [2.05, 4.69) is 24.8 Å². The van der Waals surface area contributed by atoms with Gasteiger partial charge in [-0.2, -0.15) is 18.4 Å². The summed E-state index contributed by atoms with van der Waals surface area (Å²) in [6, 6.07) is 7.37. The molecule has 0 atom stereocenters. The quantitative estimate of drug-likeness (QED) is 0.461. The van der Waals surface area contributed by atoms with Crippen LogP contribution in [0.1, 0.15) is 17.7 Å². The highest BCUT2D eigenvalue weighted by Crippen LogP contribution is 2.39. The molecule has 0 bridgehead atoms. The third kappa shape index (κ3) is 6.08. The molecule has 0 saturated carbocycles. The van der Waals surface area contributed by atoms with Gasteiger partial charge in [-0.05, 0) is 30.7 Å². The van der Waals surface area contributed by atoms with E-state index in [1.807, 2.05) is 6.07 Å². The summed E-state index contributed by atoms with van der Waals surface area (Å²) in [5.74, 6) is -0.214. The van der Waals surface area contributed by atoms with Crippen LogP contribution in [0, 0.1) is 11.3 Å². The van der Waals surface area contributed by atoms with E-state index in [0.717, 1.165) is 45.3 Å². The van der Waals surface area contributed by atoms with Gasteiger partial charge in [0.05, 0.1) is 36.3 Å². The summed E-state index contributed by atoms with van der Waals surface area (Å²) in [4.78, 5) is 15.7. The zero-order valence-electron chi connectivity index (χ0n) is 19.4. The summed E-state index contributed by atoms with van der Waals surface area (Å²) in [7, 11) is 1.69. The van der Waals surface area contributed by atoms with E-state index in [0.29, 0.717) is 24.1 Å². The number of aromatic nitrogens is 3. The number of nitrogens with one attached hydrogen (secondary N) is 1. The van der Waals surface area contributed by atoms with Gasteiger partial charge >= 0.3 is 6.18 Å². The second-order valence-corrected chi connectivity index (χ2v) is 8.35. The number of methoxy groups -OCH3 is 1. The average molecular weight is 489 g/mol. The first-order valence-corrected chi connectivity index (χ1v) is 11.4. The SMILES string of the molecule is COCCN1CCN(CCCOc2ccc(-c3cc4[nH]cnc4c(C#N)n3)cc2C(F)(F)F)CC1. The van der Waals surface area contributed by atoms with E-state index < -0.39 is 11.7 Å². The molecule has 1 aliphatic rings. The molecule has 0 spiro atoms. The van der Waals surface area contributed by atoms with E-state index >= 15 is 0 Å². The van der Waals surface area contributed by atoms with Gasteiger partial charge in [-0.25, -0.2) is 9.97 Å². The smallest absolute Gasteiger partial charge is 0.419 e. The van der Waals surface area contributed by atoms with Crippen molar-refractivity contribution >= 4 is 11.0 Å². The fraction of sp³-hybridized carbons (Fsp3) is 0.458. The molecule has 1 aliphatic heterocycles. The number of aromatic amines is 1. The number of H-pyrrole nitrogens is 1. The number of ether oxygens (including phenoxy) is 2. The van der Waals surface area contributed by atoms with Gasteiger partial charge in [0.25, 0.3) is 0 Å². The van der Waals surface area contributed by atoms with Gasteiger partial charge in [-0.3, -0.25) is 4.90 Å². The number of fused-ring (bicyclic) bond motifs is 1. The van der Waals surface area contributed by atoms with E-state index in [4.69, 9.17) is 9.47 Å². The zero-order valence-corrected chi connectivity index (χ0v) is 19.4. The maximum atomic E-state index is 13.8. The topological polar surface area (TPSA) is 90.3 Å². The summed E-state index contributed by atoms with van der Waals surface area (Å²) in [5.41, 5.74) is 0.576. The third-order valence-corrected chi connectivity index (χ3v) is 6.05. The van der Waals surface area contributed by atoms with Crippen molar-refractivity contribution in [1.29, 1.82) is 5.26 Å². The molecule has 0 amide bonds. The van der Waals surface area contributed by atoms with Crippen LogP contribution < -0.4 is 4.74 Å². The normalized spacial score (nSPS) is 15.4. The summed E-state index contributed by atoms with van der Waals surface area (Å²) in [6.45, 7) is 6.32. The fourth-order valence-corrected chi connectivity index (χ4v) is 4.14. The Labute approximate surface area is 201 Å². The van der Waals surface area contributed by atoms with Crippen molar-refractivity contribution in [3.05, 3.63) is 41.9 Å². The highest BCUT2D eigenvalue weighted by molar-refractivity contribution is 5.83. The van der Waals surface area contributed by atoms with E-state index in [9.17, 15) is 18.4 Å². The Morgan fingerprint density at radius 3 is 2.51 bits per heavy atom. The van der Waals surface area contributed by atoms with Crippen molar-refractivity contribution in [2.75, 3.05) is 59.6 Å². The number of rotatable bonds is 9. The summed E-state index contributed by atoms with van der Waals surface area (Å²) in [6.07, 6.45) is -2.56. The largest absolute Gasteiger partial charge is 0.493 e. The predicted octanol–water partition coefficient (Wildman–Crippen LogP) is 3.55. The highest BCUT2D eigenvalue weighted by atomic mass is 19.4. The van der Waals surface area contributed by atoms with Crippen molar-refractivity contribution in [2.45, 2.75) is 12.6 Å². The molecule has 4 rings (SSSR count). The number of pyridine rings is 1. The molecule has 0 radical (unpaired) electrons. The maximum Gasteiger partial charge on any atom is 0.419 e. The Hall–Kier alpha value is -3.20. The van der Waals surface area contributed by atoms with Gasteiger partial charge in [0, 0.05) is 51.9 Å². The first kappa shape index (κ1) is 24.9. The molecule has 8 nitrogen and oxygen atoms in total. The molecule has 186 valence electrons. The summed E-state index contributed by atoms with van der Waals surface area (Å²) in [5, 5.41) is 9.34. The van der Waals surface area contributed by atoms with Crippen molar-refractivity contribution in [3.8, 4) is 23.1 Å². The van der Waals surface area contributed by atoms with E-state index in [1.165, 1.54) is 18.5 Å². The van der Waals surface area contributed by atoms with Crippen molar-refractivity contribution in [1.82, 2.24) is 24.8 Å². The van der Waals surface area contributed by atoms with Crippen LogP contribution in [-0.4, -0.2) is 84.3 Å². The first-order chi connectivity index (χ1) is 16.9. The lowest BCUT2D eigenvalue weighted by Gasteiger charge is -2.34. The van der Waals surface area contributed by atoms with Crippen LogP contribution in [0.4, 0.5) is 13.2 Å². The number of alkyl halides is 3. The molecule has 0 aliphatic carbocycles. The molecule has 3 aromatic rings. The van der Waals surface area contributed by atoms with Crippen molar-refractivity contribution < 1.29 is 22.6 Å². The molecule has 2 aromatic heterocycles. The maximum absolute atomic E-state index is 13.8. The van der Waals surface area contributed by atoms with Crippen LogP contribution >= 0.6 is 0 Å². The number of piperazine rings is 1. The average Bonchev–Trinajstić information content (AvgIpc) is 3.34. The first-order valence-electron chi connectivity index (χ1n) is 11.4. The van der Waals surface area contributed by atoms with Crippen molar-refractivity contribution in [2.24, 2.45) is 0 Å². The Morgan fingerprint density at radius 2 is 1.83 bits per heavy atom. The molecule has 3 heterocycles.